The topological polar surface area (TPSA) is 0 Å². The van der Waals surface area contributed by atoms with Gasteiger partial charge in [0.1, 0.15) is 0 Å². The van der Waals surface area contributed by atoms with Crippen molar-refractivity contribution in [1.82, 2.24) is 0 Å². The molecule has 6 aliphatic rings. The lowest BCUT2D eigenvalue weighted by Crippen LogP contribution is -2.52. The first kappa shape index (κ1) is 9.87. The predicted molar refractivity (Wildman–Crippen MR) is 69.4 cm³/mol. The van der Waals surface area contributed by atoms with Gasteiger partial charge in [-0.2, -0.15) is 0 Å². The summed E-state index contributed by atoms with van der Waals surface area (Å²) in [7, 11) is 0. The number of hydrogen-bond acceptors (Lipinski definition) is 0. The highest BCUT2D eigenvalue weighted by Gasteiger charge is 2.72. The molecule has 6 atom stereocenters. The van der Waals surface area contributed by atoms with Crippen LogP contribution in [-0.4, -0.2) is 0 Å². The van der Waals surface area contributed by atoms with Crippen molar-refractivity contribution < 1.29 is 0 Å². The summed E-state index contributed by atoms with van der Waals surface area (Å²) in [4.78, 5) is 0. The van der Waals surface area contributed by atoms with Crippen LogP contribution in [0.3, 0.4) is 0 Å². The molecule has 6 saturated carbocycles. The van der Waals surface area contributed by atoms with Crippen LogP contribution < -0.4 is 0 Å². The van der Waals surface area contributed by atoms with E-state index in [0.29, 0.717) is 5.41 Å². The summed E-state index contributed by atoms with van der Waals surface area (Å²) in [5, 5.41) is 0. The number of rotatable bonds is 0. The fourth-order valence-corrected chi connectivity index (χ4v) is 7.75. The summed E-state index contributed by atoms with van der Waals surface area (Å²) < 4.78 is 0. The van der Waals surface area contributed by atoms with Gasteiger partial charge in [-0.15, -0.1) is 0 Å². The lowest BCUT2D eigenvalue weighted by atomic mass is 9.47. The highest BCUT2D eigenvalue weighted by molar-refractivity contribution is 5.20. The highest BCUT2D eigenvalue weighted by atomic mass is 14.8. The Kier molecular flexibility index (Phi) is 1.61. The summed E-state index contributed by atoms with van der Waals surface area (Å²) in [5.74, 6) is 9.60. The van der Waals surface area contributed by atoms with Gasteiger partial charge in [0.25, 0.3) is 0 Å². The van der Waals surface area contributed by atoms with Crippen LogP contribution in [0.1, 0.15) is 52.4 Å². The zero-order valence-corrected chi connectivity index (χ0v) is 11.4. The summed E-state index contributed by atoms with van der Waals surface area (Å²) >= 11 is 0. The van der Waals surface area contributed by atoms with E-state index in [1.165, 1.54) is 47.3 Å². The van der Waals surface area contributed by atoms with Crippen molar-refractivity contribution in [3.63, 3.8) is 0 Å². The molecule has 0 aromatic rings. The molecule has 0 amide bonds. The largest absolute Gasteiger partial charge is 0.0599 e. The van der Waals surface area contributed by atoms with Crippen LogP contribution in [0, 0.1) is 52.8 Å². The molecule has 94 valence electrons. The van der Waals surface area contributed by atoms with Crippen molar-refractivity contribution in [3.8, 4) is 0 Å². The smallest absolute Gasteiger partial charge is 0.0315 e. The second kappa shape index (κ2) is 2.78. The van der Waals surface area contributed by atoms with E-state index in [0.717, 1.165) is 0 Å². The quantitative estimate of drug-likeness (QED) is 0.580. The molecule has 0 nitrogen and oxygen atoms in total. The first-order valence-corrected chi connectivity index (χ1v) is 8.16. The van der Waals surface area contributed by atoms with Gasteiger partial charge < -0.3 is 0 Å². The Hall–Kier alpha value is 0. The maximum absolute atomic E-state index is 2.53. The van der Waals surface area contributed by atoms with Gasteiger partial charge in [-0.25, -0.2) is 0 Å². The van der Waals surface area contributed by atoms with Gasteiger partial charge in [-0.05, 0) is 78.4 Å². The van der Waals surface area contributed by atoms with E-state index < -0.39 is 0 Å². The Morgan fingerprint density at radius 1 is 0.765 bits per heavy atom. The predicted octanol–water partition coefficient (Wildman–Crippen LogP) is 4.35. The second-order valence-corrected chi connectivity index (χ2v) is 8.89. The molecule has 0 N–H and O–H groups in total. The molecular formula is C17H26. The average Bonchev–Trinajstić information content (AvgIpc) is 2.90. The zero-order valence-electron chi connectivity index (χ0n) is 11.4. The summed E-state index contributed by atoms with van der Waals surface area (Å²) in [6.07, 6.45) is 9.57. The molecule has 4 bridgehead atoms. The number of fused-ring (bicyclic) bond motifs is 1. The molecule has 0 aromatic heterocycles. The van der Waals surface area contributed by atoms with Crippen LogP contribution in [0.2, 0.25) is 0 Å². The third kappa shape index (κ3) is 1.00. The van der Waals surface area contributed by atoms with Gasteiger partial charge in [-0.1, -0.05) is 26.7 Å². The fourth-order valence-electron chi connectivity index (χ4n) is 7.75. The van der Waals surface area contributed by atoms with Crippen molar-refractivity contribution in [2.24, 2.45) is 52.8 Å². The Labute approximate surface area is 106 Å². The molecule has 0 aromatic carbocycles. The maximum atomic E-state index is 2.53. The van der Waals surface area contributed by atoms with Crippen molar-refractivity contribution in [3.05, 3.63) is 0 Å². The third-order valence-corrected chi connectivity index (χ3v) is 7.78. The summed E-state index contributed by atoms with van der Waals surface area (Å²) in [6.45, 7) is 5.05. The Morgan fingerprint density at radius 3 is 2.18 bits per heavy atom. The van der Waals surface area contributed by atoms with Crippen LogP contribution in [0.15, 0.2) is 0 Å². The molecule has 0 heterocycles. The summed E-state index contributed by atoms with van der Waals surface area (Å²) in [6, 6.07) is 0. The van der Waals surface area contributed by atoms with Gasteiger partial charge in [0.2, 0.25) is 0 Å². The van der Waals surface area contributed by atoms with E-state index in [9.17, 15) is 0 Å². The number of hydrogen-bond donors (Lipinski definition) is 0. The maximum Gasteiger partial charge on any atom is -0.0315 e. The van der Waals surface area contributed by atoms with Crippen LogP contribution in [0.4, 0.5) is 0 Å². The Bertz CT molecular complexity index is 346. The Balaban J connectivity index is 1.48. The summed E-state index contributed by atoms with van der Waals surface area (Å²) in [5.41, 5.74) is 0.691. The second-order valence-electron chi connectivity index (χ2n) is 8.89. The minimum atomic E-state index is 0.691. The van der Waals surface area contributed by atoms with Crippen LogP contribution in [-0.2, 0) is 0 Å². The van der Waals surface area contributed by atoms with Crippen molar-refractivity contribution in [2.45, 2.75) is 52.4 Å². The normalized spacial score (nSPS) is 65.3. The Morgan fingerprint density at radius 2 is 1.47 bits per heavy atom. The van der Waals surface area contributed by atoms with Crippen molar-refractivity contribution in [2.75, 3.05) is 0 Å². The molecule has 0 radical (unpaired) electrons. The highest BCUT2D eigenvalue weighted by Crippen LogP contribution is 2.78. The van der Waals surface area contributed by atoms with Crippen molar-refractivity contribution in [1.29, 1.82) is 0 Å². The van der Waals surface area contributed by atoms with Gasteiger partial charge in [-0.3, -0.25) is 0 Å². The lowest BCUT2D eigenvalue weighted by molar-refractivity contribution is -0.100. The lowest BCUT2D eigenvalue weighted by Gasteiger charge is -2.58. The molecule has 6 aliphatic carbocycles. The fraction of sp³-hybridized carbons (Fsp3) is 1.00. The standard InChI is InChI=1S/C17H26/c1-17(2)7-12-13(8-17)15-11-6-9-4-3-5-10(9)16(15)14(11)12/h9-16H,3-8H2,1-2H3. The van der Waals surface area contributed by atoms with Gasteiger partial charge >= 0.3 is 0 Å². The van der Waals surface area contributed by atoms with E-state index in [-0.39, 0.29) is 0 Å². The molecule has 0 aliphatic heterocycles. The van der Waals surface area contributed by atoms with E-state index in [1.54, 1.807) is 38.5 Å². The van der Waals surface area contributed by atoms with Crippen LogP contribution in [0.25, 0.3) is 0 Å². The molecule has 0 spiro atoms. The molecule has 17 heavy (non-hydrogen) atoms. The average molecular weight is 230 g/mol. The monoisotopic (exact) mass is 230 g/mol. The third-order valence-electron chi connectivity index (χ3n) is 7.78. The molecule has 6 unspecified atom stereocenters. The van der Waals surface area contributed by atoms with E-state index in [4.69, 9.17) is 0 Å². The first-order valence-electron chi connectivity index (χ1n) is 8.16. The SMILES string of the molecule is CC1(C)CC2C(C1)C1C3CC4CCCC4C1C23. The van der Waals surface area contributed by atoms with E-state index in [2.05, 4.69) is 13.8 Å². The molecule has 0 saturated heterocycles. The minimum absolute atomic E-state index is 0.691. The van der Waals surface area contributed by atoms with Gasteiger partial charge in [0.15, 0.2) is 0 Å². The first-order chi connectivity index (χ1) is 8.16. The molecule has 6 fully saturated rings. The van der Waals surface area contributed by atoms with Crippen molar-refractivity contribution >= 4 is 0 Å². The van der Waals surface area contributed by atoms with Gasteiger partial charge in [0, 0.05) is 0 Å². The molecule has 6 rings (SSSR count). The van der Waals surface area contributed by atoms with E-state index in [1.807, 2.05) is 0 Å². The van der Waals surface area contributed by atoms with Crippen LogP contribution in [0.5, 0.6) is 0 Å². The zero-order chi connectivity index (χ0) is 11.4. The molecular weight excluding hydrogens is 204 g/mol. The van der Waals surface area contributed by atoms with Gasteiger partial charge in [0.05, 0.1) is 0 Å². The molecule has 0 heteroatoms. The van der Waals surface area contributed by atoms with E-state index >= 15 is 0 Å². The minimum Gasteiger partial charge on any atom is -0.0599 e. The van der Waals surface area contributed by atoms with Crippen LogP contribution >= 0.6 is 0 Å².